The Morgan fingerprint density at radius 3 is 2.68 bits per heavy atom. The van der Waals surface area contributed by atoms with Crippen LogP contribution in [0.2, 0.25) is 5.02 Å². The van der Waals surface area contributed by atoms with Gasteiger partial charge in [-0.1, -0.05) is 30.7 Å². The standard InChI is InChI=1S/C32H34ClFN4O5S/c1-4-30(41-13-14-44(39,40)21(2)3)32(11-6-12-43-32)29-17-25-27(18-35-29)36-20-37-31(25)38-24-9-10-28(26(33)16-24)42-19-22-7-5-8-23(34)15-22/h5-10,12,15-18,20-21,30H,4,11,13-14,19H2,1-3H3,(H,36,37,38). The van der Waals surface area contributed by atoms with Crippen LogP contribution in [0.1, 0.15) is 44.9 Å². The minimum Gasteiger partial charge on any atom is -0.487 e. The molecule has 9 nitrogen and oxygen atoms in total. The summed E-state index contributed by atoms with van der Waals surface area (Å²) in [6, 6.07) is 13.3. The lowest BCUT2D eigenvalue weighted by atomic mass is 9.87. The topological polar surface area (TPSA) is 113 Å². The fourth-order valence-electron chi connectivity index (χ4n) is 5.01. The molecule has 0 saturated carbocycles. The number of nitrogens with zero attached hydrogens (tertiary/aromatic N) is 3. The van der Waals surface area contributed by atoms with Crippen molar-refractivity contribution >= 4 is 43.8 Å². The second-order valence-electron chi connectivity index (χ2n) is 10.8. The Morgan fingerprint density at radius 2 is 1.98 bits per heavy atom. The Morgan fingerprint density at radius 1 is 1.14 bits per heavy atom. The van der Waals surface area contributed by atoms with Crippen LogP contribution >= 0.6 is 11.6 Å². The summed E-state index contributed by atoms with van der Waals surface area (Å²) in [5.74, 6) is 0.583. The van der Waals surface area contributed by atoms with Crippen molar-refractivity contribution in [2.24, 2.45) is 0 Å². The van der Waals surface area contributed by atoms with Gasteiger partial charge in [-0.2, -0.15) is 0 Å². The average Bonchev–Trinajstić information content (AvgIpc) is 3.50. The summed E-state index contributed by atoms with van der Waals surface area (Å²) in [6.45, 7) is 5.52. The lowest BCUT2D eigenvalue weighted by molar-refractivity contribution is -0.109. The van der Waals surface area contributed by atoms with Crippen LogP contribution in [0.25, 0.3) is 10.9 Å². The van der Waals surface area contributed by atoms with Gasteiger partial charge in [0.2, 0.25) is 0 Å². The molecular formula is C32H34ClFN4O5S. The Bertz CT molecular complexity index is 1760. The van der Waals surface area contributed by atoms with E-state index in [2.05, 4.69) is 15.3 Å². The van der Waals surface area contributed by atoms with Crippen LogP contribution in [0.3, 0.4) is 0 Å². The van der Waals surface area contributed by atoms with Gasteiger partial charge in [0.1, 0.15) is 36.4 Å². The van der Waals surface area contributed by atoms with Gasteiger partial charge in [-0.3, -0.25) is 4.98 Å². The number of hydrogen-bond acceptors (Lipinski definition) is 9. The smallest absolute Gasteiger partial charge is 0.179 e. The van der Waals surface area contributed by atoms with Crippen LogP contribution in [-0.4, -0.2) is 47.1 Å². The summed E-state index contributed by atoms with van der Waals surface area (Å²) >= 11 is 6.52. The minimum absolute atomic E-state index is 0.0519. The van der Waals surface area contributed by atoms with Gasteiger partial charge in [-0.05, 0) is 68.3 Å². The molecule has 4 aromatic rings. The number of aromatic nitrogens is 3. The van der Waals surface area contributed by atoms with Crippen molar-refractivity contribution in [2.45, 2.75) is 57.2 Å². The summed E-state index contributed by atoms with van der Waals surface area (Å²) in [5.41, 5.74) is 1.65. The fourth-order valence-corrected chi connectivity index (χ4v) is 6.05. The van der Waals surface area contributed by atoms with Gasteiger partial charge in [0, 0.05) is 17.5 Å². The molecule has 2 atom stereocenters. The Balaban J connectivity index is 1.37. The van der Waals surface area contributed by atoms with Crippen molar-refractivity contribution in [1.29, 1.82) is 0 Å². The van der Waals surface area contributed by atoms with E-state index in [1.807, 2.05) is 19.1 Å². The van der Waals surface area contributed by atoms with E-state index in [4.69, 9.17) is 30.8 Å². The summed E-state index contributed by atoms with van der Waals surface area (Å²) < 4.78 is 56.4. The largest absolute Gasteiger partial charge is 0.487 e. The fraction of sp³-hybridized carbons (Fsp3) is 0.344. The molecule has 0 fully saturated rings. The van der Waals surface area contributed by atoms with E-state index in [9.17, 15) is 12.8 Å². The molecule has 2 unspecified atom stereocenters. The second kappa shape index (κ2) is 13.5. The van der Waals surface area contributed by atoms with E-state index >= 15 is 0 Å². The number of nitrogens with one attached hydrogen (secondary N) is 1. The molecule has 0 radical (unpaired) electrons. The Hall–Kier alpha value is -3.80. The summed E-state index contributed by atoms with van der Waals surface area (Å²) in [5, 5.41) is 3.91. The molecule has 0 amide bonds. The van der Waals surface area contributed by atoms with Gasteiger partial charge in [-0.15, -0.1) is 0 Å². The van der Waals surface area contributed by atoms with Crippen LogP contribution < -0.4 is 10.1 Å². The third kappa shape index (κ3) is 6.95. The molecule has 0 spiro atoms. The van der Waals surface area contributed by atoms with E-state index in [0.29, 0.717) is 57.3 Å². The van der Waals surface area contributed by atoms with Gasteiger partial charge in [0.05, 0.1) is 46.3 Å². The van der Waals surface area contributed by atoms with E-state index in [1.165, 1.54) is 18.5 Å². The molecular weight excluding hydrogens is 607 g/mol. The SMILES string of the molecule is CCC(OCCS(=O)(=O)C(C)C)C1(c2cc3c(Nc4ccc(OCc5cccc(F)c5)c(Cl)c4)ncnc3cn2)CC=CO1. The number of fused-ring (bicyclic) bond motifs is 1. The average molecular weight is 641 g/mol. The van der Waals surface area contributed by atoms with Crippen molar-refractivity contribution < 1.29 is 27.0 Å². The second-order valence-corrected chi connectivity index (χ2v) is 13.8. The molecule has 5 rings (SSSR count). The molecule has 0 saturated heterocycles. The molecule has 232 valence electrons. The van der Waals surface area contributed by atoms with Gasteiger partial charge in [0.15, 0.2) is 15.4 Å². The zero-order valence-corrected chi connectivity index (χ0v) is 26.2. The number of hydrogen-bond donors (Lipinski definition) is 1. The predicted molar refractivity (Wildman–Crippen MR) is 168 cm³/mol. The lowest BCUT2D eigenvalue weighted by Gasteiger charge is -2.36. The van der Waals surface area contributed by atoms with Crippen LogP contribution in [0.5, 0.6) is 5.75 Å². The maximum absolute atomic E-state index is 13.5. The van der Waals surface area contributed by atoms with E-state index < -0.39 is 26.8 Å². The first kappa shape index (κ1) is 31.6. The highest BCUT2D eigenvalue weighted by Gasteiger charge is 2.45. The highest BCUT2D eigenvalue weighted by Crippen LogP contribution is 2.41. The summed E-state index contributed by atoms with van der Waals surface area (Å²) in [6.07, 6.45) is 7.26. The quantitative estimate of drug-likeness (QED) is 0.167. The highest BCUT2D eigenvalue weighted by atomic mass is 35.5. The number of benzene rings is 2. The van der Waals surface area contributed by atoms with Crippen LogP contribution in [0.15, 0.2) is 73.4 Å². The molecule has 1 N–H and O–H groups in total. The first-order valence-electron chi connectivity index (χ1n) is 14.3. The maximum Gasteiger partial charge on any atom is 0.179 e. The highest BCUT2D eigenvalue weighted by molar-refractivity contribution is 7.92. The molecule has 3 heterocycles. The number of pyridine rings is 1. The van der Waals surface area contributed by atoms with Crippen molar-refractivity contribution in [1.82, 2.24) is 15.0 Å². The van der Waals surface area contributed by atoms with Crippen LogP contribution in [0, 0.1) is 5.82 Å². The number of halogens is 2. The molecule has 0 bridgehead atoms. The molecule has 12 heteroatoms. The minimum atomic E-state index is -3.25. The molecule has 44 heavy (non-hydrogen) atoms. The van der Waals surface area contributed by atoms with Gasteiger partial charge >= 0.3 is 0 Å². The zero-order chi connectivity index (χ0) is 31.3. The predicted octanol–water partition coefficient (Wildman–Crippen LogP) is 6.89. The normalized spacial score (nSPS) is 17.1. The summed E-state index contributed by atoms with van der Waals surface area (Å²) in [4.78, 5) is 13.6. The van der Waals surface area contributed by atoms with Gasteiger partial charge in [0.25, 0.3) is 0 Å². The van der Waals surface area contributed by atoms with Crippen LogP contribution in [-0.2, 0) is 31.5 Å². The van der Waals surface area contributed by atoms with Crippen molar-refractivity contribution in [3.63, 3.8) is 0 Å². The summed E-state index contributed by atoms with van der Waals surface area (Å²) in [7, 11) is -3.25. The molecule has 2 aromatic carbocycles. The third-order valence-electron chi connectivity index (χ3n) is 7.52. The molecule has 2 aromatic heterocycles. The number of ether oxygens (including phenoxy) is 3. The zero-order valence-electron chi connectivity index (χ0n) is 24.7. The van der Waals surface area contributed by atoms with Crippen LogP contribution in [0.4, 0.5) is 15.9 Å². The molecule has 1 aliphatic heterocycles. The first-order valence-corrected chi connectivity index (χ1v) is 16.4. The number of anilines is 2. The maximum atomic E-state index is 13.5. The van der Waals surface area contributed by atoms with Gasteiger partial charge in [-0.25, -0.2) is 22.8 Å². The van der Waals surface area contributed by atoms with Crippen molar-refractivity contribution in [2.75, 3.05) is 17.7 Å². The van der Waals surface area contributed by atoms with E-state index in [-0.39, 0.29) is 24.8 Å². The van der Waals surface area contributed by atoms with E-state index in [0.717, 1.165) is 0 Å². The monoisotopic (exact) mass is 640 g/mol. The Kier molecular flexibility index (Phi) is 9.67. The van der Waals surface area contributed by atoms with Crippen molar-refractivity contribution in [3.8, 4) is 5.75 Å². The number of rotatable bonds is 13. The molecule has 1 aliphatic rings. The van der Waals surface area contributed by atoms with E-state index in [1.54, 1.807) is 56.6 Å². The lowest BCUT2D eigenvalue weighted by Crippen LogP contribution is -2.42. The number of sulfone groups is 1. The third-order valence-corrected chi connectivity index (χ3v) is 9.99. The Labute approximate surface area is 261 Å². The van der Waals surface area contributed by atoms with Gasteiger partial charge < -0.3 is 19.5 Å². The first-order chi connectivity index (χ1) is 21.1. The van der Waals surface area contributed by atoms with Crippen molar-refractivity contribution in [3.05, 3.63) is 95.5 Å². The molecule has 0 aliphatic carbocycles.